The number of piperazine rings is 1. The second-order valence-corrected chi connectivity index (χ2v) is 11.0. The van der Waals surface area contributed by atoms with Crippen LogP contribution < -0.4 is 10.2 Å². The van der Waals surface area contributed by atoms with Crippen LogP contribution in [0.3, 0.4) is 0 Å². The Kier molecular flexibility index (Phi) is 6.39. The van der Waals surface area contributed by atoms with Crippen molar-refractivity contribution in [1.82, 2.24) is 35.0 Å². The lowest BCUT2D eigenvalue weighted by Crippen LogP contribution is -2.44. The Labute approximate surface area is 232 Å². The van der Waals surface area contributed by atoms with E-state index in [4.69, 9.17) is 9.97 Å². The highest BCUT2D eigenvalue weighted by atomic mass is 16.1. The topological polar surface area (TPSA) is 119 Å². The molecule has 3 N–H and O–H groups in total. The number of H-pyrrole nitrogens is 2. The summed E-state index contributed by atoms with van der Waals surface area (Å²) in [6.07, 6.45) is 10.7. The Balaban J connectivity index is 1.19. The highest BCUT2D eigenvalue weighted by Gasteiger charge is 2.22. The van der Waals surface area contributed by atoms with Gasteiger partial charge in [0.25, 0.3) is 0 Å². The quantitative estimate of drug-likeness (QED) is 0.295. The van der Waals surface area contributed by atoms with Gasteiger partial charge in [0.2, 0.25) is 5.91 Å². The molecular formula is C30H33N9O. The first-order valence-electron chi connectivity index (χ1n) is 14.2. The predicted octanol–water partition coefficient (Wildman–Crippen LogP) is 4.83. The fourth-order valence-corrected chi connectivity index (χ4v) is 5.94. The minimum atomic E-state index is 0.0865. The van der Waals surface area contributed by atoms with E-state index in [1.165, 1.54) is 6.42 Å². The molecule has 1 saturated heterocycles. The van der Waals surface area contributed by atoms with Crippen molar-refractivity contribution in [2.24, 2.45) is 5.92 Å². The maximum atomic E-state index is 12.8. The predicted molar refractivity (Wildman–Crippen MR) is 157 cm³/mol. The molecule has 1 amide bonds. The van der Waals surface area contributed by atoms with Crippen LogP contribution in [0.1, 0.15) is 32.1 Å². The van der Waals surface area contributed by atoms with Crippen molar-refractivity contribution in [1.29, 1.82) is 0 Å². The molecule has 1 aliphatic carbocycles. The molecule has 10 nitrogen and oxygen atoms in total. The molecule has 0 radical (unpaired) electrons. The van der Waals surface area contributed by atoms with Gasteiger partial charge in [0.15, 0.2) is 0 Å². The van der Waals surface area contributed by atoms with Crippen LogP contribution in [0.15, 0.2) is 48.9 Å². The standard InChI is InChI=1S/C30H33N9O/c1-38-11-13-39(14-12-38)29-22-16-26(34-24(22)9-10-32-29)28-27-25(36-37-28)8-7-23(35-27)20-15-21(18-31-17-20)33-30(40)19-5-3-2-4-6-19/h7-10,15-19,34H,2-6,11-14H2,1H3,(H,33,40)(H,36,37). The maximum Gasteiger partial charge on any atom is 0.227 e. The Morgan fingerprint density at radius 1 is 1.00 bits per heavy atom. The van der Waals surface area contributed by atoms with E-state index < -0.39 is 0 Å². The number of anilines is 2. The van der Waals surface area contributed by atoms with Gasteiger partial charge in [-0.1, -0.05) is 19.3 Å². The van der Waals surface area contributed by atoms with E-state index in [1.54, 1.807) is 12.4 Å². The number of nitrogens with zero attached hydrogens (tertiary/aromatic N) is 6. The molecule has 5 aromatic heterocycles. The van der Waals surface area contributed by atoms with Crippen LogP contribution in [-0.2, 0) is 4.79 Å². The third kappa shape index (κ3) is 4.68. The smallest absolute Gasteiger partial charge is 0.227 e. The normalized spacial score (nSPS) is 17.1. The molecule has 2 aliphatic rings. The lowest BCUT2D eigenvalue weighted by molar-refractivity contribution is -0.120. The molecule has 0 bridgehead atoms. The fourth-order valence-electron chi connectivity index (χ4n) is 5.94. The van der Waals surface area contributed by atoms with Gasteiger partial charge in [0, 0.05) is 55.4 Å². The number of pyridine rings is 3. The van der Waals surface area contributed by atoms with Gasteiger partial charge in [-0.25, -0.2) is 9.97 Å². The minimum Gasteiger partial charge on any atom is -0.353 e. The summed E-state index contributed by atoms with van der Waals surface area (Å²) in [6.45, 7) is 3.94. The Morgan fingerprint density at radius 3 is 2.70 bits per heavy atom. The SMILES string of the molecule is CN1CCN(c2nccc3[nH]c(-c4n[nH]c5ccc(-c6cncc(NC(=O)C7CCCCC7)c6)nc45)cc23)CC1. The molecule has 2 fully saturated rings. The number of fused-ring (bicyclic) bond motifs is 2. The van der Waals surface area contributed by atoms with Crippen molar-refractivity contribution in [2.75, 3.05) is 43.4 Å². The summed E-state index contributed by atoms with van der Waals surface area (Å²) in [4.78, 5) is 35.1. The van der Waals surface area contributed by atoms with E-state index in [0.29, 0.717) is 5.69 Å². The average molecular weight is 536 g/mol. The number of aromatic nitrogens is 6. The molecule has 0 spiro atoms. The van der Waals surface area contributed by atoms with Crippen molar-refractivity contribution >= 4 is 39.3 Å². The van der Waals surface area contributed by atoms with Crippen LogP contribution in [0.4, 0.5) is 11.5 Å². The zero-order valence-electron chi connectivity index (χ0n) is 22.7. The fraction of sp³-hybridized carbons (Fsp3) is 0.367. The second-order valence-electron chi connectivity index (χ2n) is 11.0. The molecule has 0 atom stereocenters. The van der Waals surface area contributed by atoms with Gasteiger partial charge < -0.3 is 20.1 Å². The molecule has 0 aromatic carbocycles. The number of hydrogen-bond donors (Lipinski definition) is 3. The summed E-state index contributed by atoms with van der Waals surface area (Å²) in [5.41, 5.74) is 6.60. The molecule has 6 heterocycles. The van der Waals surface area contributed by atoms with Gasteiger partial charge in [-0.15, -0.1) is 0 Å². The third-order valence-corrected chi connectivity index (χ3v) is 8.27. The van der Waals surface area contributed by atoms with Crippen LogP contribution in [0.2, 0.25) is 0 Å². The van der Waals surface area contributed by atoms with Gasteiger partial charge >= 0.3 is 0 Å². The first-order chi connectivity index (χ1) is 19.6. The van der Waals surface area contributed by atoms with E-state index in [2.05, 4.69) is 48.4 Å². The van der Waals surface area contributed by atoms with Gasteiger partial charge in [-0.3, -0.25) is 14.9 Å². The largest absolute Gasteiger partial charge is 0.353 e. The number of likely N-dealkylation sites (N-methyl/N-ethyl adjacent to an activating group) is 1. The zero-order chi connectivity index (χ0) is 27.1. The first kappa shape index (κ1) is 24.7. The van der Waals surface area contributed by atoms with Crippen molar-refractivity contribution in [3.63, 3.8) is 0 Å². The van der Waals surface area contributed by atoms with E-state index in [-0.39, 0.29) is 11.8 Å². The Bertz CT molecular complexity index is 1680. The number of carbonyl (C=O) groups excluding carboxylic acids is 1. The highest BCUT2D eigenvalue weighted by Crippen LogP contribution is 2.33. The van der Waals surface area contributed by atoms with E-state index in [9.17, 15) is 4.79 Å². The van der Waals surface area contributed by atoms with Crippen LogP contribution >= 0.6 is 0 Å². The summed E-state index contributed by atoms with van der Waals surface area (Å²) in [5.74, 6) is 1.17. The van der Waals surface area contributed by atoms with Crippen molar-refractivity contribution < 1.29 is 4.79 Å². The summed E-state index contributed by atoms with van der Waals surface area (Å²) < 4.78 is 0. The third-order valence-electron chi connectivity index (χ3n) is 8.27. The Hall–Kier alpha value is -4.31. The van der Waals surface area contributed by atoms with Gasteiger partial charge in [0.05, 0.1) is 34.3 Å². The lowest BCUT2D eigenvalue weighted by Gasteiger charge is -2.33. The number of carbonyl (C=O) groups is 1. The van der Waals surface area contributed by atoms with E-state index in [0.717, 1.165) is 102 Å². The van der Waals surface area contributed by atoms with Crippen molar-refractivity contribution in [2.45, 2.75) is 32.1 Å². The van der Waals surface area contributed by atoms with Crippen LogP contribution in [0.25, 0.3) is 44.6 Å². The molecular weight excluding hydrogens is 502 g/mol. The first-order valence-corrected chi connectivity index (χ1v) is 14.2. The summed E-state index contributed by atoms with van der Waals surface area (Å²) >= 11 is 0. The monoisotopic (exact) mass is 535 g/mol. The van der Waals surface area contributed by atoms with Crippen molar-refractivity contribution in [3.8, 4) is 22.6 Å². The second kappa shape index (κ2) is 10.3. The van der Waals surface area contributed by atoms with Gasteiger partial charge in [-0.2, -0.15) is 5.10 Å². The number of amides is 1. The van der Waals surface area contributed by atoms with Crippen LogP contribution in [0, 0.1) is 5.92 Å². The number of nitrogens with one attached hydrogen (secondary N) is 3. The number of rotatable bonds is 5. The molecule has 1 aliphatic heterocycles. The molecule has 5 aromatic rings. The molecule has 0 unspecified atom stereocenters. The zero-order valence-corrected chi connectivity index (χ0v) is 22.7. The average Bonchev–Trinajstić information content (AvgIpc) is 3.62. The Morgan fingerprint density at radius 2 is 1.85 bits per heavy atom. The van der Waals surface area contributed by atoms with E-state index >= 15 is 0 Å². The summed E-state index contributed by atoms with van der Waals surface area (Å²) in [6, 6.07) is 10.0. The van der Waals surface area contributed by atoms with Crippen LogP contribution in [0.5, 0.6) is 0 Å². The lowest BCUT2D eigenvalue weighted by atomic mass is 9.88. The molecule has 7 rings (SSSR count). The molecule has 40 heavy (non-hydrogen) atoms. The molecule has 10 heteroatoms. The molecule has 204 valence electrons. The van der Waals surface area contributed by atoms with Crippen molar-refractivity contribution in [3.05, 3.63) is 48.9 Å². The van der Waals surface area contributed by atoms with E-state index in [1.807, 2.05) is 30.5 Å². The maximum absolute atomic E-state index is 12.8. The van der Waals surface area contributed by atoms with Gasteiger partial charge in [-0.05, 0) is 50.2 Å². The van der Waals surface area contributed by atoms with Crippen LogP contribution in [-0.4, -0.2) is 74.2 Å². The number of hydrogen-bond acceptors (Lipinski definition) is 7. The minimum absolute atomic E-state index is 0.0865. The van der Waals surface area contributed by atoms with Gasteiger partial charge in [0.1, 0.15) is 17.0 Å². The summed E-state index contributed by atoms with van der Waals surface area (Å²) in [5, 5.41) is 11.9. The summed E-state index contributed by atoms with van der Waals surface area (Å²) in [7, 11) is 2.16. The highest BCUT2D eigenvalue weighted by molar-refractivity contribution is 5.98. The number of aromatic amines is 2. The molecule has 1 saturated carbocycles.